The van der Waals surface area contributed by atoms with Crippen LogP contribution >= 0.6 is 0 Å². The third-order valence-corrected chi connectivity index (χ3v) is 2.02. The fourth-order valence-electron chi connectivity index (χ4n) is 1.42. The highest BCUT2D eigenvalue weighted by Crippen LogP contribution is 2.10. The van der Waals surface area contributed by atoms with Crippen LogP contribution in [0.5, 0.6) is 0 Å². The number of hydrogen-bond acceptors (Lipinski definition) is 5. The molecule has 1 aliphatic heterocycles. The van der Waals surface area contributed by atoms with Crippen LogP contribution in [0, 0.1) is 0 Å². The molecule has 0 bridgehead atoms. The second kappa shape index (κ2) is 3.20. The molecule has 0 aliphatic carbocycles. The lowest BCUT2D eigenvalue weighted by atomic mass is 10.3. The first kappa shape index (κ1) is 7.70. The molecule has 1 unspecified atom stereocenters. The summed E-state index contributed by atoms with van der Waals surface area (Å²) < 4.78 is 4.60. The molecule has 1 aromatic heterocycles. The van der Waals surface area contributed by atoms with Gasteiger partial charge in [0.2, 0.25) is 6.39 Å². The summed E-state index contributed by atoms with van der Waals surface area (Å²) in [5, 5.41) is 12.9. The fraction of sp³-hybridized carbons (Fsp3) is 0.714. The van der Waals surface area contributed by atoms with Gasteiger partial charge < -0.3 is 9.63 Å². The van der Waals surface area contributed by atoms with Gasteiger partial charge in [0.15, 0.2) is 5.82 Å². The summed E-state index contributed by atoms with van der Waals surface area (Å²) in [5.41, 5.74) is 0. The van der Waals surface area contributed by atoms with Gasteiger partial charge in [0, 0.05) is 13.1 Å². The van der Waals surface area contributed by atoms with Gasteiger partial charge >= 0.3 is 0 Å². The molecule has 0 amide bonds. The van der Waals surface area contributed by atoms with Gasteiger partial charge in [-0.3, -0.25) is 4.90 Å². The van der Waals surface area contributed by atoms with E-state index in [0.29, 0.717) is 18.9 Å². The van der Waals surface area contributed by atoms with Crippen molar-refractivity contribution >= 4 is 0 Å². The minimum Gasteiger partial charge on any atom is -0.392 e. The van der Waals surface area contributed by atoms with Crippen molar-refractivity contribution in [2.24, 2.45) is 0 Å². The molecule has 0 saturated carbocycles. The molecular weight excluding hydrogens is 158 g/mol. The number of aliphatic hydroxyl groups is 1. The molecule has 5 nitrogen and oxygen atoms in total. The molecule has 1 fully saturated rings. The predicted octanol–water partition coefficient (Wildman–Crippen LogP) is -0.364. The molecule has 66 valence electrons. The van der Waals surface area contributed by atoms with Crippen LogP contribution in [0.1, 0.15) is 12.2 Å². The Labute approximate surface area is 70.0 Å². The van der Waals surface area contributed by atoms with Gasteiger partial charge in [0.05, 0.1) is 12.6 Å². The molecular formula is C7H11N3O2. The average molecular weight is 169 g/mol. The van der Waals surface area contributed by atoms with Gasteiger partial charge in [-0.2, -0.15) is 4.98 Å². The highest BCUT2D eigenvalue weighted by atomic mass is 16.5. The lowest BCUT2D eigenvalue weighted by Crippen LogP contribution is -2.22. The Bertz CT molecular complexity index is 237. The second-order valence-electron chi connectivity index (χ2n) is 3.03. The molecule has 0 spiro atoms. The fourth-order valence-corrected chi connectivity index (χ4v) is 1.42. The summed E-state index contributed by atoms with van der Waals surface area (Å²) >= 11 is 0. The molecule has 1 aromatic rings. The van der Waals surface area contributed by atoms with Crippen molar-refractivity contribution in [3.8, 4) is 0 Å². The molecule has 0 aromatic carbocycles. The van der Waals surface area contributed by atoms with Gasteiger partial charge in [0.1, 0.15) is 0 Å². The molecule has 5 heteroatoms. The summed E-state index contributed by atoms with van der Waals surface area (Å²) in [7, 11) is 0. The van der Waals surface area contributed by atoms with Gasteiger partial charge in [-0.25, -0.2) is 0 Å². The first-order valence-electron chi connectivity index (χ1n) is 4.00. The van der Waals surface area contributed by atoms with Crippen LogP contribution in [0.4, 0.5) is 0 Å². The first-order chi connectivity index (χ1) is 5.84. The third kappa shape index (κ3) is 1.62. The van der Waals surface area contributed by atoms with E-state index >= 15 is 0 Å². The number of aromatic nitrogens is 2. The minimum absolute atomic E-state index is 0.183. The van der Waals surface area contributed by atoms with Crippen LogP contribution in [0.15, 0.2) is 10.9 Å². The van der Waals surface area contributed by atoms with Crippen molar-refractivity contribution in [2.75, 3.05) is 13.1 Å². The highest BCUT2D eigenvalue weighted by Gasteiger charge is 2.20. The zero-order valence-electron chi connectivity index (χ0n) is 6.68. The average Bonchev–Trinajstić information content (AvgIpc) is 2.63. The Kier molecular flexibility index (Phi) is 2.05. The Balaban J connectivity index is 1.88. The van der Waals surface area contributed by atoms with Gasteiger partial charge in [0.25, 0.3) is 0 Å². The third-order valence-electron chi connectivity index (χ3n) is 2.02. The molecule has 1 N–H and O–H groups in total. The SMILES string of the molecule is OC1CCN(Cc2ncon2)C1. The topological polar surface area (TPSA) is 62.4 Å². The molecule has 0 radical (unpaired) electrons. The van der Waals surface area contributed by atoms with E-state index in [-0.39, 0.29) is 6.10 Å². The standard InChI is InChI=1S/C7H11N3O2/c11-6-1-2-10(3-6)4-7-8-5-12-9-7/h5-6,11H,1-4H2. The molecule has 1 saturated heterocycles. The number of β-amino-alcohol motifs (C(OH)–C–C–N with tert-alkyl or cyclic N) is 1. The number of aliphatic hydroxyl groups excluding tert-OH is 1. The van der Waals surface area contributed by atoms with Crippen LogP contribution in [0.3, 0.4) is 0 Å². The quantitative estimate of drug-likeness (QED) is 0.654. The Morgan fingerprint density at radius 1 is 1.75 bits per heavy atom. The van der Waals surface area contributed by atoms with E-state index in [1.807, 2.05) is 0 Å². The first-order valence-corrected chi connectivity index (χ1v) is 4.00. The van der Waals surface area contributed by atoms with Crippen LogP contribution in [0.2, 0.25) is 0 Å². The largest absolute Gasteiger partial charge is 0.392 e. The van der Waals surface area contributed by atoms with Crippen molar-refractivity contribution < 1.29 is 9.63 Å². The maximum atomic E-state index is 9.22. The summed E-state index contributed by atoms with van der Waals surface area (Å²) in [4.78, 5) is 6.01. The smallest absolute Gasteiger partial charge is 0.213 e. The van der Waals surface area contributed by atoms with Crippen molar-refractivity contribution in [3.63, 3.8) is 0 Å². The molecule has 2 heterocycles. The predicted molar refractivity (Wildman–Crippen MR) is 40.2 cm³/mol. The van der Waals surface area contributed by atoms with E-state index < -0.39 is 0 Å². The number of rotatable bonds is 2. The van der Waals surface area contributed by atoms with E-state index in [4.69, 9.17) is 0 Å². The van der Waals surface area contributed by atoms with E-state index in [9.17, 15) is 5.11 Å². The van der Waals surface area contributed by atoms with Crippen molar-refractivity contribution in [3.05, 3.63) is 12.2 Å². The van der Waals surface area contributed by atoms with Gasteiger partial charge in [-0.1, -0.05) is 5.16 Å². The molecule has 1 atom stereocenters. The van der Waals surface area contributed by atoms with Crippen LogP contribution in [0.25, 0.3) is 0 Å². The summed E-state index contributed by atoms with van der Waals surface area (Å²) in [6.07, 6.45) is 1.98. The van der Waals surface area contributed by atoms with Crippen molar-refractivity contribution in [1.82, 2.24) is 15.0 Å². The Morgan fingerprint density at radius 2 is 2.67 bits per heavy atom. The minimum atomic E-state index is -0.183. The summed E-state index contributed by atoms with van der Waals surface area (Å²) in [6.45, 7) is 2.30. The summed E-state index contributed by atoms with van der Waals surface area (Å²) in [5.74, 6) is 0.684. The lowest BCUT2D eigenvalue weighted by molar-refractivity contribution is 0.173. The molecule has 2 rings (SSSR count). The van der Waals surface area contributed by atoms with E-state index in [1.165, 1.54) is 6.39 Å². The van der Waals surface area contributed by atoms with Crippen molar-refractivity contribution in [2.45, 2.75) is 19.1 Å². The maximum Gasteiger partial charge on any atom is 0.213 e. The van der Waals surface area contributed by atoms with Crippen LogP contribution in [-0.4, -0.2) is 39.3 Å². The van der Waals surface area contributed by atoms with E-state index in [0.717, 1.165) is 13.0 Å². The maximum absolute atomic E-state index is 9.22. The second-order valence-corrected chi connectivity index (χ2v) is 3.03. The van der Waals surface area contributed by atoms with Gasteiger partial charge in [-0.05, 0) is 6.42 Å². The van der Waals surface area contributed by atoms with Crippen LogP contribution in [-0.2, 0) is 6.54 Å². The summed E-state index contributed by atoms with van der Waals surface area (Å²) in [6, 6.07) is 0. The Morgan fingerprint density at radius 3 is 3.25 bits per heavy atom. The van der Waals surface area contributed by atoms with Crippen LogP contribution < -0.4 is 0 Å². The van der Waals surface area contributed by atoms with Crippen molar-refractivity contribution in [1.29, 1.82) is 0 Å². The van der Waals surface area contributed by atoms with E-state index in [2.05, 4.69) is 19.6 Å². The Hall–Kier alpha value is -0.940. The zero-order chi connectivity index (χ0) is 8.39. The zero-order valence-corrected chi connectivity index (χ0v) is 6.68. The number of hydrogen-bond donors (Lipinski definition) is 1. The van der Waals surface area contributed by atoms with Gasteiger partial charge in [-0.15, -0.1) is 0 Å². The monoisotopic (exact) mass is 169 g/mol. The normalized spacial score (nSPS) is 24.9. The lowest BCUT2D eigenvalue weighted by Gasteiger charge is -2.10. The van der Waals surface area contributed by atoms with E-state index in [1.54, 1.807) is 0 Å². The number of nitrogens with zero attached hydrogens (tertiary/aromatic N) is 3. The highest BCUT2D eigenvalue weighted by molar-refractivity contribution is 4.82. The number of likely N-dealkylation sites (tertiary alicyclic amines) is 1. The molecule has 12 heavy (non-hydrogen) atoms. The molecule has 1 aliphatic rings.